The first kappa shape index (κ1) is 13.8. The maximum absolute atomic E-state index is 9.59. The highest BCUT2D eigenvalue weighted by atomic mass is 15.2. The normalized spacial score (nSPS) is 34.8. The molecule has 3 aliphatic heterocycles. The van der Waals surface area contributed by atoms with Crippen LogP contribution in [0.1, 0.15) is 26.7 Å². The van der Waals surface area contributed by atoms with Crippen LogP contribution in [0.2, 0.25) is 0 Å². The van der Waals surface area contributed by atoms with Crippen LogP contribution < -0.4 is 5.32 Å². The molecule has 18 heavy (non-hydrogen) atoms. The fourth-order valence-corrected chi connectivity index (χ4v) is 3.41. The van der Waals surface area contributed by atoms with Crippen molar-refractivity contribution >= 4 is 0 Å². The van der Waals surface area contributed by atoms with Gasteiger partial charge < -0.3 is 9.80 Å². The van der Waals surface area contributed by atoms with Gasteiger partial charge in [-0.25, -0.2) is 0 Å². The molecule has 0 radical (unpaired) electrons. The molecule has 0 aliphatic carbocycles. The van der Waals surface area contributed by atoms with E-state index in [1.165, 1.54) is 25.9 Å². The van der Waals surface area contributed by atoms with E-state index < -0.39 is 0 Å². The van der Waals surface area contributed by atoms with Crippen LogP contribution in [-0.4, -0.2) is 61.2 Å². The zero-order valence-electron chi connectivity index (χ0n) is 11.8. The fourth-order valence-electron chi connectivity index (χ4n) is 3.41. The van der Waals surface area contributed by atoms with Crippen LogP contribution in [-0.2, 0) is 0 Å². The van der Waals surface area contributed by atoms with E-state index in [2.05, 4.69) is 35.0 Å². The first-order chi connectivity index (χ1) is 8.74. The molecule has 3 rings (SSSR count). The van der Waals surface area contributed by atoms with Crippen molar-refractivity contribution in [1.29, 1.82) is 5.26 Å². The molecule has 0 amide bonds. The summed E-state index contributed by atoms with van der Waals surface area (Å²) in [6.45, 7) is 11.8. The van der Waals surface area contributed by atoms with Gasteiger partial charge in [0.15, 0.2) is 0 Å². The summed E-state index contributed by atoms with van der Waals surface area (Å²) < 4.78 is 0. The summed E-state index contributed by atoms with van der Waals surface area (Å²) in [5, 5.41) is 13.2. The Morgan fingerprint density at radius 1 is 1.33 bits per heavy atom. The van der Waals surface area contributed by atoms with Crippen molar-refractivity contribution in [3.63, 3.8) is 0 Å². The van der Waals surface area contributed by atoms with Crippen LogP contribution in [0.3, 0.4) is 0 Å². The summed E-state index contributed by atoms with van der Waals surface area (Å²) in [6, 6.07) is 2.59. The van der Waals surface area contributed by atoms with E-state index in [9.17, 15) is 5.26 Å². The van der Waals surface area contributed by atoms with Gasteiger partial charge in [-0.05, 0) is 44.9 Å². The molecule has 0 saturated carbocycles. The number of nitriles is 1. The Morgan fingerprint density at radius 2 is 2.00 bits per heavy atom. The summed E-state index contributed by atoms with van der Waals surface area (Å²) >= 11 is 0. The van der Waals surface area contributed by atoms with E-state index in [4.69, 9.17) is 0 Å². The second kappa shape index (κ2) is 6.01. The second-order valence-electron chi connectivity index (χ2n) is 5.59. The minimum atomic E-state index is -0.274. The number of hydrogen-bond donors (Lipinski definition) is 1. The number of nitrogens with zero attached hydrogens (tertiary/aromatic N) is 3. The molecule has 1 unspecified atom stereocenters. The first-order valence-electron chi connectivity index (χ1n) is 7.35. The molecule has 102 valence electrons. The van der Waals surface area contributed by atoms with Gasteiger partial charge in [0.2, 0.25) is 0 Å². The molecule has 1 atom stereocenters. The molecule has 1 N–H and O–H groups in total. The highest BCUT2D eigenvalue weighted by Crippen LogP contribution is 2.35. The van der Waals surface area contributed by atoms with E-state index in [1.807, 2.05) is 0 Å². The molecule has 3 aliphatic rings. The molecule has 0 aromatic rings. The van der Waals surface area contributed by atoms with Gasteiger partial charge in [0.05, 0.1) is 6.07 Å². The van der Waals surface area contributed by atoms with Gasteiger partial charge in [0.25, 0.3) is 0 Å². The molecule has 0 aromatic heterocycles. The third kappa shape index (κ3) is 2.69. The summed E-state index contributed by atoms with van der Waals surface area (Å²) in [6.07, 6.45) is 2.37. The molecule has 4 nitrogen and oxygen atoms in total. The van der Waals surface area contributed by atoms with E-state index in [1.54, 1.807) is 0 Å². The third-order valence-corrected chi connectivity index (χ3v) is 4.72. The molecular formula is C14H26N4. The summed E-state index contributed by atoms with van der Waals surface area (Å²) in [5.41, 5.74) is -0.274. The number of fused-ring (bicyclic) bond motifs is 3. The van der Waals surface area contributed by atoms with Crippen LogP contribution in [0.5, 0.6) is 0 Å². The lowest BCUT2D eigenvalue weighted by Gasteiger charge is -2.50. The quantitative estimate of drug-likeness (QED) is 0.761. The van der Waals surface area contributed by atoms with Gasteiger partial charge >= 0.3 is 0 Å². The lowest BCUT2D eigenvalue weighted by atomic mass is 9.73. The van der Waals surface area contributed by atoms with Crippen molar-refractivity contribution < 1.29 is 0 Å². The van der Waals surface area contributed by atoms with E-state index in [0.29, 0.717) is 5.92 Å². The molecule has 4 heteroatoms. The van der Waals surface area contributed by atoms with Crippen molar-refractivity contribution in [2.45, 2.75) is 32.2 Å². The highest BCUT2D eigenvalue weighted by molar-refractivity contribution is 5.17. The Kier molecular flexibility index (Phi) is 4.60. The molecule has 3 saturated heterocycles. The fraction of sp³-hybridized carbons (Fsp3) is 0.929. The average molecular weight is 250 g/mol. The summed E-state index contributed by atoms with van der Waals surface area (Å²) in [7, 11) is 0. The SMILES string of the molecule is CCN(CC)CCNC1(C#N)CN2CCC1CC2. The zero-order chi connectivity index (χ0) is 13.0. The number of hydrogen-bond acceptors (Lipinski definition) is 4. The Morgan fingerprint density at radius 3 is 2.44 bits per heavy atom. The Hall–Kier alpha value is -0.630. The van der Waals surface area contributed by atoms with Gasteiger partial charge in [0, 0.05) is 19.6 Å². The largest absolute Gasteiger partial charge is 0.303 e. The van der Waals surface area contributed by atoms with Gasteiger partial charge in [-0.1, -0.05) is 13.8 Å². The lowest BCUT2D eigenvalue weighted by Crippen LogP contribution is -2.65. The van der Waals surface area contributed by atoms with E-state index in [-0.39, 0.29) is 5.54 Å². The summed E-state index contributed by atoms with van der Waals surface area (Å²) in [4.78, 5) is 4.84. The second-order valence-corrected chi connectivity index (χ2v) is 5.59. The standard InChI is InChI=1S/C14H26N4/c1-3-17(4-2)10-7-16-14(11-15)12-18-8-5-13(14)6-9-18/h13,16H,3-10,12H2,1-2H3. The zero-order valence-corrected chi connectivity index (χ0v) is 11.8. The highest BCUT2D eigenvalue weighted by Gasteiger charge is 2.46. The molecular weight excluding hydrogens is 224 g/mol. The predicted octanol–water partition coefficient (Wildman–Crippen LogP) is 0.906. The number of likely N-dealkylation sites (N-methyl/N-ethyl adjacent to an activating group) is 1. The molecule has 0 spiro atoms. The minimum Gasteiger partial charge on any atom is -0.303 e. The predicted molar refractivity (Wildman–Crippen MR) is 73.3 cm³/mol. The van der Waals surface area contributed by atoms with Crippen LogP contribution >= 0.6 is 0 Å². The van der Waals surface area contributed by atoms with Crippen molar-refractivity contribution in [2.24, 2.45) is 5.92 Å². The number of piperidine rings is 3. The van der Waals surface area contributed by atoms with Crippen LogP contribution in [0.4, 0.5) is 0 Å². The number of rotatable bonds is 6. The van der Waals surface area contributed by atoms with Gasteiger partial charge in [-0.15, -0.1) is 0 Å². The summed E-state index contributed by atoms with van der Waals surface area (Å²) in [5.74, 6) is 0.559. The lowest BCUT2D eigenvalue weighted by molar-refractivity contribution is 0.0359. The van der Waals surface area contributed by atoms with Crippen molar-refractivity contribution in [1.82, 2.24) is 15.1 Å². The van der Waals surface area contributed by atoms with E-state index in [0.717, 1.165) is 32.7 Å². The number of nitrogens with one attached hydrogen (secondary N) is 1. The Balaban J connectivity index is 1.88. The minimum absolute atomic E-state index is 0.274. The van der Waals surface area contributed by atoms with Crippen molar-refractivity contribution in [2.75, 3.05) is 45.8 Å². The van der Waals surface area contributed by atoms with Gasteiger partial charge in [0.1, 0.15) is 5.54 Å². The molecule has 3 heterocycles. The third-order valence-electron chi connectivity index (χ3n) is 4.72. The maximum atomic E-state index is 9.59. The molecule has 3 fully saturated rings. The average Bonchev–Trinajstić information content (AvgIpc) is 2.45. The van der Waals surface area contributed by atoms with Crippen molar-refractivity contribution in [3.05, 3.63) is 0 Å². The van der Waals surface area contributed by atoms with Gasteiger partial charge in [-0.3, -0.25) is 5.32 Å². The van der Waals surface area contributed by atoms with Crippen LogP contribution in [0.25, 0.3) is 0 Å². The topological polar surface area (TPSA) is 42.3 Å². The van der Waals surface area contributed by atoms with Gasteiger partial charge in [-0.2, -0.15) is 5.26 Å². The van der Waals surface area contributed by atoms with Crippen LogP contribution in [0, 0.1) is 17.2 Å². The molecule has 2 bridgehead atoms. The maximum Gasteiger partial charge on any atom is 0.122 e. The van der Waals surface area contributed by atoms with E-state index >= 15 is 0 Å². The smallest absolute Gasteiger partial charge is 0.122 e. The Labute approximate surface area is 111 Å². The molecule has 0 aromatic carbocycles. The first-order valence-corrected chi connectivity index (χ1v) is 7.35. The monoisotopic (exact) mass is 250 g/mol. The Bertz CT molecular complexity index is 299. The van der Waals surface area contributed by atoms with Crippen LogP contribution in [0.15, 0.2) is 0 Å². The van der Waals surface area contributed by atoms with Crippen molar-refractivity contribution in [3.8, 4) is 6.07 Å².